The zero-order valence-electron chi connectivity index (χ0n) is 16.0. The third-order valence-electron chi connectivity index (χ3n) is 4.38. The van der Waals surface area contributed by atoms with Gasteiger partial charge in [0, 0.05) is 26.6 Å². The second-order valence-electron chi connectivity index (χ2n) is 6.69. The molecule has 1 N–H and O–H groups in total. The molecule has 2 aromatic rings. The van der Waals surface area contributed by atoms with Crippen LogP contribution in [0.25, 0.3) is 0 Å². The van der Waals surface area contributed by atoms with Gasteiger partial charge in [-0.1, -0.05) is 48.0 Å². The standard InChI is InChI=1S/C21H28N2O3S/c1-18-9-6-10-19(17-18)11-7-15-22-21(24)14-8-16-23(2)27(25,26)20-12-4-3-5-13-20/h3-6,9-10,12-13,17H,7-8,11,14-16H2,1-2H3,(H,22,24). The Kier molecular flexibility index (Phi) is 8.00. The van der Waals surface area contributed by atoms with Gasteiger partial charge in [-0.25, -0.2) is 12.7 Å². The quantitative estimate of drug-likeness (QED) is 0.636. The van der Waals surface area contributed by atoms with Gasteiger partial charge in [0.2, 0.25) is 15.9 Å². The van der Waals surface area contributed by atoms with E-state index in [0.717, 1.165) is 12.8 Å². The Morgan fingerprint density at radius 2 is 1.78 bits per heavy atom. The fraction of sp³-hybridized carbons (Fsp3) is 0.381. The smallest absolute Gasteiger partial charge is 0.242 e. The number of nitrogens with zero attached hydrogens (tertiary/aromatic N) is 1. The van der Waals surface area contributed by atoms with E-state index in [-0.39, 0.29) is 10.8 Å². The first kappa shape index (κ1) is 21.1. The van der Waals surface area contributed by atoms with Gasteiger partial charge in [-0.05, 0) is 43.9 Å². The maximum Gasteiger partial charge on any atom is 0.242 e. The number of aryl methyl sites for hydroxylation is 2. The molecule has 27 heavy (non-hydrogen) atoms. The highest BCUT2D eigenvalue weighted by atomic mass is 32.2. The number of hydrogen-bond acceptors (Lipinski definition) is 3. The van der Waals surface area contributed by atoms with Gasteiger partial charge >= 0.3 is 0 Å². The van der Waals surface area contributed by atoms with E-state index < -0.39 is 10.0 Å². The van der Waals surface area contributed by atoms with Crippen molar-refractivity contribution in [1.82, 2.24) is 9.62 Å². The van der Waals surface area contributed by atoms with Crippen molar-refractivity contribution in [2.45, 2.75) is 37.5 Å². The molecule has 1 amide bonds. The van der Waals surface area contributed by atoms with E-state index in [2.05, 4.69) is 30.4 Å². The summed E-state index contributed by atoms with van der Waals surface area (Å²) in [4.78, 5) is 12.2. The topological polar surface area (TPSA) is 66.5 Å². The van der Waals surface area contributed by atoms with Gasteiger partial charge in [-0.15, -0.1) is 0 Å². The molecule has 0 fully saturated rings. The van der Waals surface area contributed by atoms with Crippen LogP contribution >= 0.6 is 0 Å². The molecule has 5 nitrogen and oxygen atoms in total. The van der Waals surface area contributed by atoms with Crippen LogP contribution in [0.3, 0.4) is 0 Å². The minimum Gasteiger partial charge on any atom is -0.356 e. The Morgan fingerprint density at radius 3 is 2.48 bits per heavy atom. The van der Waals surface area contributed by atoms with E-state index in [1.807, 2.05) is 6.07 Å². The van der Waals surface area contributed by atoms with Crippen LogP contribution < -0.4 is 5.32 Å². The minimum atomic E-state index is -3.49. The Morgan fingerprint density at radius 1 is 1.04 bits per heavy atom. The molecule has 0 saturated heterocycles. The van der Waals surface area contributed by atoms with Gasteiger partial charge in [0.05, 0.1) is 4.90 Å². The predicted octanol–water partition coefficient (Wildman–Crippen LogP) is 3.14. The third-order valence-corrected chi connectivity index (χ3v) is 6.25. The molecule has 0 aliphatic rings. The number of sulfonamides is 1. The van der Waals surface area contributed by atoms with Gasteiger partial charge in [0.15, 0.2) is 0 Å². The van der Waals surface area contributed by atoms with Crippen molar-refractivity contribution in [2.24, 2.45) is 0 Å². The Labute approximate surface area is 162 Å². The SMILES string of the molecule is Cc1cccc(CCCNC(=O)CCCN(C)S(=O)(=O)c2ccccc2)c1. The number of carbonyl (C=O) groups excluding carboxylic acids is 1. The molecule has 0 atom stereocenters. The molecule has 0 aliphatic carbocycles. The maximum atomic E-state index is 12.4. The van der Waals surface area contributed by atoms with E-state index in [1.54, 1.807) is 37.4 Å². The summed E-state index contributed by atoms with van der Waals surface area (Å²) in [5, 5.41) is 2.90. The number of amides is 1. The molecule has 0 spiro atoms. The van der Waals surface area contributed by atoms with Crippen LogP contribution in [-0.4, -0.2) is 38.8 Å². The summed E-state index contributed by atoms with van der Waals surface area (Å²) in [6.07, 6.45) is 2.63. The highest BCUT2D eigenvalue weighted by Crippen LogP contribution is 2.14. The lowest BCUT2D eigenvalue weighted by Crippen LogP contribution is -2.30. The van der Waals surface area contributed by atoms with Crippen LogP contribution in [0, 0.1) is 6.92 Å². The van der Waals surface area contributed by atoms with Crippen LogP contribution in [0.1, 0.15) is 30.4 Å². The number of carbonyl (C=O) groups is 1. The molecule has 0 heterocycles. The van der Waals surface area contributed by atoms with Gasteiger partial charge in [-0.3, -0.25) is 4.79 Å². The molecule has 0 aliphatic heterocycles. The van der Waals surface area contributed by atoms with Gasteiger partial charge < -0.3 is 5.32 Å². The average Bonchev–Trinajstić information content (AvgIpc) is 2.66. The lowest BCUT2D eigenvalue weighted by atomic mass is 10.1. The molecule has 6 heteroatoms. The first-order valence-corrected chi connectivity index (χ1v) is 10.7. The fourth-order valence-electron chi connectivity index (χ4n) is 2.83. The Balaban J connectivity index is 1.65. The third kappa shape index (κ3) is 6.81. The Hall–Kier alpha value is -2.18. The number of rotatable bonds is 10. The summed E-state index contributed by atoms with van der Waals surface area (Å²) >= 11 is 0. The first-order chi connectivity index (χ1) is 12.9. The zero-order chi connectivity index (χ0) is 19.7. The summed E-state index contributed by atoms with van der Waals surface area (Å²) in [6.45, 7) is 3.01. The van der Waals surface area contributed by atoms with Gasteiger partial charge in [0.25, 0.3) is 0 Å². The molecule has 2 aromatic carbocycles. The lowest BCUT2D eigenvalue weighted by molar-refractivity contribution is -0.121. The van der Waals surface area contributed by atoms with Gasteiger partial charge in [-0.2, -0.15) is 0 Å². The molecule has 0 saturated carbocycles. The predicted molar refractivity (Wildman–Crippen MR) is 108 cm³/mol. The molecule has 2 rings (SSSR count). The molecular weight excluding hydrogens is 360 g/mol. The highest BCUT2D eigenvalue weighted by Gasteiger charge is 2.19. The normalized spacial score (nSPS) is 11.5. The number of hydrogen-bond donors (Lipinski definition) is 1. The molecule has 146 valence electrons. The van der Waals surface area contributed by atoms with Crippen molar-refractivity contribution in [2.75, 3.05) is 20.1 Å². The molecule has 0 bridgehead atoms. The van der Waals surface area contributed by atoms with E-state index in [1.165, 1.54) is 15.4 Å². The summed E-state index contributed by atoms with van der Waals surface area (Å²) in [5.74, 6) is -0.0373. The monoisotopic (exact) mass is 388 g/mol. The van der Waals surface area contributed by atoms with Crippen LogP contribution in [-0.2, 0) is 21.2 Å². The summed E-state index contributed by atoms with van der Waals surface area (Å²) in [5.41, 5.74) is 2.52. The van der Waals surface area contributed by atoms with Crippen molar-refractivity contribution >= 4 is 15.9 Å². The fourth-order valence-corrected chi connectivity index (χ4v) is 4.06. The molecule has 0 unspecified atom stereocenters. The summed E-state index contributed by atoms with van der Waals surface area (Å²) in [7, 11) is -1.95. The molecular formula is C21H28N2O3S. The van der Waals surface area contributed by atoms with E-state index >= 15 is 0 Å². The van der Waals surface area contributed by atoms with Crippen LogP contribution in [0.2, 0.25) is 0 Å². The summed E-state index contributed by atoms with van der Waals surface area (Å²) < 4.78 is 26.1. The van der Waals surface area contributed by atoms with E-state index in [0.29, 0.717) is 25.9 Å². The lowest BCUT2D eigenvalue weighted by Gasteiger charge is -2.17. The average molecular weight is 389 g/mol. The highest BCUT2D eigenvalue weighted by molar-refractivity contribution is 7.89. The van der Waals surface area contributed by atoms with Crippen LogP contribution in [0.15, 0.2) is 59.5 Å². The molecule has 0 radical (unpaired) electrons. The van der Waals surface area contributed by atoms with Crippen LogP contribution in [0.5, 0.6) is 0 Å². The first-order valence-electron chi connectivity index (χ1n) is 9.23. The van der Waals surface area contributed by atoms with Crippen molar-refractivity contribution in [3.8, 4) is 0 Å². The second kappa shape index (κ2) is 10.2. The van der Waals surface area contributed by atoms with E-state index in [9.17, 15) is 13.2 Å². The van der Waals surface area contributed by atoms with Crippen molar-refractivity contribution in [3.63, 3.8) is 0 Å². The molecule has 0 aromatic heterocycles. The number of nitrogens with one attached hydrogen (secondary N) is 1. The largest absolute Gasteiger partial charge is 0.356 e. The van der Waals surface area contributed by atoms with Crippen molar-refractivity contribution in [3.05, 3.63) is 65.7 Å². The van der Waals surface area contributed by atoms with Gasteiger partial charge in [0.1, 0.15) is 0 Å². The maximum absolute atomic E-state index is 12.4. The second-order valence-corrected chi connectivity index (χ2v) is 8.73. The van der Waals surface area contributed by atoms with Crippen molar-refractivity contribution in [1.29, 1.82) is 0 Å². The van der Waals surface area contributed by atoms with Crippen LogP contribution in [0.4, 0.5) is 0 Å². The van der Waals surface area contributed by atoms with Crippen molar-refractivity contribution < 1.29 is 13.2 Å². The zero-order valence-corrected chi connectivity index (χ0v) is 16.8. The minimum absolute atomic E-state index is 0.0373. The van der Waals surface area contributed by atoms with E-state index in [4.69, 9.17) is 0 Å². The number of benzene rings is 2. The Bertz CT molecular complexity index is 836. The summed E-state index contributed by atoms with van der Waals surface area (Å²) in [6, 6.07) is 16.7.